The first-order valence-corrected chi connectivity index (χ1v) is 7.58. The van der Waals surface area contributed by atoms with Gasteiger partial charge in [-0.1, -0.05) is 18.7 Å². The van der Waals surface area contributed by atoms with Crippen LogP contribution in [0.1, 0.15) is 6.92 Å². The van der Waals surface area contributed by atoms with Crippen LogP contribution in [0.15, 0.2) is 11.2 Å². The van der Waals surface area contributed by atoms with Crippen LogP contribution < -0.4 is 16.2 Å². The standard InChI is InChI=1S/C12H22N6S/c1-8-6-18(7-9(8)17(2)3)11-5-10(16-13)14-12(15-11)19-4/h5,8-9H,6-7,13H2,1-4H3,(H,14,15,16). The number of nitrogens with zero attached hydrogens (tertiary/aromatic N) is 4. The summed E-state index contributed by atoms with van der Waals surface area (Å²) in [5.41, 5.74) is 2.61. The molecule has 0 aliphatic carbocycles. The highest BCUT2D eigenvalue weighted by atomic mass is 32.2. The first-order valence-electron chi connectivity index (χ1n) is 6.36. The molecule has 0 radical (unpaired) electrons. The van der Waals surface area contributed by atoms with Crippen LogP contribution in [0.4, 0.5) is 11.6 Å². The van der Waals surface area contributed by atoms with E-state index in [2.05, 4.69) is 46.2 Å². The van der Waals surface area contributed by atoms with Gasteiger partial charge in [0, 0.05) is 25.2 Å². The summed E-state index contributed by atoms with van der Waals surface area (Å²) in [7, 11) is 4.26. The molecule has 2 heterocycles. The van der Waals surface area contributed by atoms with Crippen molar-refractivity contribution < 1.29 is 0 Å². The highest BCUT2D eigenvalue weighted by Crippen LogP contribution is 2.27. The van der Waals surface area contributed by atoms with Gasteiger partial charge in [-0.15, -0.1) is 0 Å². The van der Waals surface area contributed by atoms with Gasteiger partial charge in [0.25, 0.3) is 0 Å². The topological polar surface area (TPSA) is 70.3 Å². The molecule has 0 saturated carbocycles. The Bertz CT molecular complexity index is 416. The van der Waals surface area contributed by atoms with E-state index in [-0.39, 0.29) is 0 Å². The van der Waals surface area contributed by atoms with E-state index < -0.39 is 0 Å². The summed E-state index contributed by atoms with van der Waals surface area (Å²) in [6, 6.07) is 2.46. The van der Waals surface area contributed by atoms with E-state index in [0.717, 1.165) is 24.1 Å². The maximum absolute atomic E-state index is 5.47. The largest absolute Gasteiger partial charge is 0.355 e. The molecular formula is C12H22N6S. The molecular weight excluding hydrogens is 260 g/mol. The summed E-state index contributed by atoms with van der Waals surface area (Å²) < 4.78 is 0. The molecule has 106 valence electrons. The van der Waals surface area contributed by atoms with E-state index >= 15 is 0 Å². The molecule has 1 aromatic rings. The van der Waals surface area contributed by atoms with Crippen molar-refractivity contribution in [2.45, 2.75) is 18.1 Å². The lowest BCUT2D eigenvalue weighted by Gasteiger charge is -2.22. The average Bonchev–Trinajstić information content (AvgIpc) is 2.80. The highest BCUT2D eigenvalue weighted by molar-refractivity contribution is 7.98. The van der Waals surface area contributed by atoms with Crippen molar-refractivity contribution in [2.24, 2.45) is 11.8 Å². The lowest BCUT2D eigenvalue weighted by molar-refractivity contribution is 0.266. The predicted molar refractivity (Wildman–Crippen MR) is 80.5 cm³/mol. The number of hydrogen-bond acceptors (Lipinski definition) is 7. The van der Waals surface area contributed by atoms with Crippen LogP contribution in [-0.4, -0.2) is 54.4 Å². The minimum absolute atomic E-state index is 0.557. The monoisotopic (exact) mass is 282 g/mol. The van der Waals surface area contributed by atoms with Gasteiger partial charge in [0.1, 0.15) is 11.6 Å². The van der Waals surface area contributed by atoms with E-state index in [4.69, 9.17) is 5.84 Å². The molecule has 19 heavy (non-hydrogen) atoms. The number of anilines is 2. The third-order valence-corrected chi connectivity index (χ3v) is 4.13. The van der Waals surface area contributed by atoms with Gasteiger partial charge < -0.3 is 15.2 Å². The fourth-order valence-corrected chi connectivity index (χ4v) is 2.92. The van der Waals surface area contributed by atoms with Gasteiger partial charge in [0.2, 0.25) is 0 Å². The molecule has 2 rings (SSSR count). The van der Waals surface area contributed by atoms with E-state index in [1.807, 2.05) is 12.3 Å². The number of nitrogen functional groups attached to an aromatic ring is 1. The van der Waals surface area contributed by atoms with Crippen molar-refractivity contribution in [1.29, 1.82) is 0 Å². The minimum Gasteiger partial charge on any atom is -0.355 e. The number of thioether (sulfide) groups is 1. The van der Waals surface area contributed by atoms with E-state index in [1.54, 1.807) is 0 Å². The molecule has 2 atom stereocenters. The molecule has 7 heteroatoms. The van der Waals surface area contributed by atoms with Crippen LogP contribution in [0, 0.1) is 5.92 Å². The third kappa shape index (κ3) is 3.10. The Labute approximate surface area is 118 Å². The summed E-state index contributed by atoms with van der Waals surface area (Å²) in [5, 5.41) is 0.742. The van der Waals surface area contributed by atoms with Gasteiger partial charge in [0.15, 0.2) is 5.16 Å². The molecule has 0 aromatic carbocycles. The normalized spacial score (nSPS) is 23.2. The lowest BCUT2D eigenvalue weighted by atomic mass is 10.1. The van der Waals surface area contributed by atoms with Crippen LogP contribution in [0.3, 0.4) is 0 Å². The fourth-order valence-electron chi connectivity index (χ4n) is 2.55. The van der Waals surface area contributed by atoms with Gasteiger partial charge in [-0.3, -0.25) is 0 Å². The zero-order valence-electron chi connectivity index (χ0n) is 11.9. The third-order valence-electron chi connectivity index (χ3n) is 3.58. The number of hydrogen-bond donors (Lipinski definition) is 2. The van der Waals surface area contributed by atoms with Gasteiger partial charge in [0.05, 0.1) is 0 Å². The fraction of sp³-hybridized carbons (Fsp3) is 0.667. The van der Waals surface area contributed by atoms with Crippen LogP contribution in [0.2, 0.25) is 0 Å². The van der Waals surface area contributed by atoms with Crippen LogP contribution >= 0.6 is 11.8 Å². The average molecular weight is 282 g/mol. The zero-order chi connectivity index (χ0) is 14.0. The summed E-state index contributed by atoms with van der Waals surface area (Å²) in [5.74, 6) is 7.70. The summed E-state index contributed by atoms with van der Waals surface area (Å²) >= 11 is 1.52. The number of likely N-dealkylation sites (N-methyl/N-ethyl adjacent to an activating group) is 1. The van der Waals surface area contributed by atoms with Crippen molar-refractivity contribution in [1.82, 2.24) is 14.9 Å². The van der Waals surface area contributed by atoms with Gasteiger partial charge >= 0.3 is 0 Å². The molecule has 1 aromatic heterocycles. The Kier molecular flexibility index (Phi) is 4.49. The SMILES string of the molecule is CSc1nc(NN)cc(N2CC(C)C(N(C)C)C2)n1. The molecule has 1 aliphatic heterocycles. The van der Waals surface area contributed by atoms with E-state index in [0.29, 0.717) is 17.8 Å². The Balaban J connectivity index is 2.23. The Morgan fingerprint density at radius 1 is 1.42 bits per heavy atom. The van der Waals surface area contributed by atoms with Crippen LogP contribution in [-0.2, 0) is 0 Å². The number of nitrogens with two attached hydrogens (primary N) is 1. The Morgan fingerprint density at radius 3 is 2.68 bits per heavy atom. The van der Waals surface area contributed by atoms with E-state index in [9.17, 15) is 0 Å². The number of rotatable bonds is 4. The van der Waals surface area contributed by atoms with Crippen LogP contribution in [0.25, 0.3) is 0 Å². The first kappa shape index (κ1) is 14.4. The number of nitrogens with one attached hydrogen (secondary N) is 1. The molecule has 0 spiro atoms. The maximum Gasteiger partial charge on any atom is 0.191 e. The molecule has 0 amide bonds. The molecule has 6 nitrogen and oxygen atoms in total. The molecule has 2 unspecified atom stereocenters. The van der Waals surface area contributed by atoms with Gasteiger partial charge in [-0.05, 0) is 26.3 Å². The Hall–Kier alpha value is -1.05. The van der Waals surface area contributed by atoms with Crippen molar-refractivity contribution >= 4 is 23.4 Å². The quantitative estimate of drug-likeness (QED) is 0.367. The van der Waals surface area contributed by atoms with Crippen molar-refractivity contribution in [2.75, 3.05) is 43.8 Å². The Morgan fingerprint density at radius 2 is 2.16 bits per heavy atom. The second-order valence-electron chi connectivity index (χ2n) is 5.16. The lowest BCUT2D eigenvalue weighted by Crippen LogP contribution is -2.34. The second-order valence-corrected chi connectivity index (χ2v) is 5.93. The minimum atomic E-state index is 0.557. The maximum atomic E-state index is 5.47. The molecule has 1 aliphatic rings. The summed E-state index contributed by atoms with van der Waals surface area (Å²) in [6.45, 7) is 4.28. The summed E-state index contributed by atoms with van der Waals surface area (Å²) in [6.07, 6.45) is 1.97. The molecule has 1 fully saturated rings. The number of hydrazine groups is 1. The summed E-state index contributed by atoms with van der Waals surface area (Å²) in [4.78, 5) is 13.5. The molecule has 3 N–H and O–H groups in total. The highest BCUT2D eigenvalue weighted by Gasteiger charge is 2.32. The molecule has 1 saturated heterocycles. The second kappa shape index (κ2) is 5.94. The van der Waals surface area contributed by atoms with Crippen molar-refractivity contribution in [3.63, 3.8) is 0 Å². The smallest absolute Gasteiger partial charge is 0.191 e. The predicted octanol–water partition coefficient (Wildman–Crippen LogP) is 0.870. The van der Waals surface area contributed by atoms with E-state index in [1.165, 1.54) is 11.8 Å². The molecule has 0 bridgehead atoms. The van der Waals surface area contributed by atoms with Gasteiger partial charge in [-0.25, -0.2) is 15.8 Å². The number of aromatic nitrogens is 2. The zero-order valence-corrected chi connectivity index (χ0v) is 12.7. The van der Waals surface area contributed by atoms with Crippen LogP contribution in [0.5, 0.6) is 0 Å². The van der Waals surface area contributed by atoms with Crippen molar-refractivity contribution in [3.05, 3.63) is 6.07 Å². The first-order chi connectivity index (χ1) is 9.05. The van der Waals surface area contributed by atoms with Gasteiger partial charge in [-0.2, -0.15) is 0 Å². The van der Waals surface area contributed by atoms with Crippen molar-refractivity contribution in [3.8, 4) is 0 Å².